The van der Waals surface area contributed by atoms with Gasteiger partial charge in [0, 0.05) is 35.3 Å². The van der Waals surface area contributed by atoms with Crippen molar-refractivity contribution in [2.24, 2.45) is 0 Å². The summed E-state index contributed by atoms with van der Waals surface area (Å²) in [5, 5.41) is 22.8. The predicted molar refractivity (Wildman–Crippen MR) is 53.5 cm³/mol. The summed E-state index contributed by atoms with van der Waals surface area (Å²) in [5.74, 6) is -2.94. The smallest absolute Gasteiger partial charge is 0.327 e. The molecule has 7 heteroatoms. The zero-order valence-electron chi connectivity index (χ0n) is 8.27. The summed E-state index contributed by atoms with van der Waals surface area (Å²) in [5.41, 5.74) is 0. The molecule has 0 bridgehead atoms. The van der Waals surface area contributed by atoms with Crippen LogP contribution in [0.3, 0.4) is 0 Å². The van der Waals surface area contributed by atoms with Crippen LogP contribution in [0.25, 0.3) is 0 Å². The molecule has 0 atom stereocenters. The van der Waals surface area contributed by atoms with Crippen LogP contribution in [-0.2, 0) is 31.5 Å². The molecular formula is C9H12FeO6. The van der Waals surface area contributed by atoms with Gasteiger partial charge in [0.25, 0.3) is 0 Å². The summed E-state index contributed by atoms with van der Waals surface area (Å²) >= 11 is 0. The van der Waals surface area contributed by atoms with E-state index in [1.165, 1.54) is 0 Å². The number of rotatable bonds is 3. The van der Waals surface area contributed by atoms with Gasteiger partial charge in [-0.1, -0.05) is 19.7 Å². The normalized spacial score (nSPS) is 6.00. The minimum absolute atomic E-state index is 0. The van der Waals surface area contributed by atoms with Crippen LogP contribution in [0.5, 0.6) is 0 Å². The number of carbonyl (C=O) groups is 3. The van der Waals surface area contributed by atoms with Crippen molar-refractivity contribution < 1.29 is 46.8 Å². The van der Waals surface area contributed by atoms with Crippen molar-refractivity contribution in [1.82, 2.24) is 0 Å². The first-order valence-corrected chi connectivity index (χ1v) is 3.37. The van der Waals surface area contributed by atoms with E-state index >= 15 is 0 Å². The molecule has 92 valence electrons. The van der Waals surface area contributed by atoms with Crippen LogP contribution < -0.4 is 0 Å². The van der Waals surface area contributed by atoms with Crippen LogP contribution in [0.15, 0.2) is 38.0 Å². The van der Waals surface area contributed by atoms with Crippen molar-refractivity contribution in [1.29, 1.82) is 0 Å². The van der Waals surface area contributed by atoms with Crippen LogP contribution in [0.1, 0.15) is 0 Å². The molecular weight excluding hydrogens is 260 g/mol. The van der Waals surface area contributed by atoms with Crippen LogP contribution in [0.2, 0.25) is 0 Å². The third-order valence-electron chi connectivity index (χ3n) is 0.524. The molecule has 0 spiro atoms. The molecule has 0 fully saturated rings. The van der Waals surface area contributed by atoms with Crippen molar-refractivity contribution in [2.75, 3.05) is 0 Å². The van der Waals surface area contributed by atoms with Gasteiger partial charge in [-0.05, 0) is 0 Å². The third-order valence-corrected chi connectivity index (χ3v) is 0.524. The Labute approximate surface area is 103 Å². The van der Waals surface area contributed by atoms with Gasteiger partial charge in [-0.2, -0.15) is 0 Å². The van der Waals surface area contributed by atoms with Gasteiger partial charge >= 0.3 is 17.9 Å². The minimum atomic E-state index is -0.981. The molecule has 0 saturated heterocycles. The Bertz CT molecular complexity index is 216. The Morgan fingerprint density at radius 2 is 0.750 bits per heavy atom. The Balaban J connectivity index is -0.0000000655. The van der Waals surface area contributed by atoms with Gasteiger partial charge in [-0.15, -0.1) is 0 Å². The molecule has 0 amide bonds. The largest absolute Gasteiger partial charge is 0.478 e. The standard InChI is InChI=1S/3C3H4O2.Fe/c3*1-2-3(4)5;/h3*2H,1H2,(H,4,5);. The molecule has 3 N–H and O–H groups in total. The average Bonchev–Trinajstić information content (AvgIpc) is 2.19. The molecule has 0 rings (SSSR count). The van der Waals surface area contributed by atoms with Crippen molar-refractivity contribution in [3.8, 4) is 0 Å². The molecule has 0 aliphatic rings. The summed E-state index contributed by atoms with van der Waals surface area (Å²) in [7, 11) is 0. The van der Waals surface area contributed by atoms with E-state index in [-0.39, 0.29) is 17.1 Å². The Morgan fingerprint density at radius 1 is 0.688 bits per heavy atom. The minimum Gasteiger partial charge on any atom is -0.478 e. The zero-order chi connectivity index (χ0) is 12.9. The number of carboxylic acids is 3. The summed E-state index contributed by atoms with van der Waals surface area (Å²) in [6.07, 6.45) is 2.50. The van der Waals surface area contributed by atoms with Crippen molar-refractivity contribution in [2.45, 2.75) is 0 Å². The van der Waals surface area contributed by atoms with Crippen molar-refractivity contribution in [3.05, 3.63) is 38.0 Å². The Morgan fingerprint density at radius 3 is 0.750 bits per heavy atom. The summed E-state index contributed by atoms with van der Waals surface area (Å²) in [4.78, 5) is 27.8. The topological polar surface area (TPSA) is 112 Å². The van der Waals surface area contributed by atoms with E-state index in [0.29, 0.717) is 0 Å². The van der Waals surface area contributed by atoms with Gasteiger partial charge in [0.1, 0.15) is 0 Å². The van der Waals surface area contributed by atoms with Gasteiger partial charge in [-0.3, -0.25) is 0 Å². The van der Waals surface area contributed by atoms with Gasteiger partial charge in [0.15, 0.2) is 0 Å². The predicted octanol–water partition coefficient (Wildman–Crippen LogP) is 0.769. The van der Waals surface area contributed by atoms with E-state index in [2.05, 4.69) is 19.7 Å². The molecule has 0 aromatic heterocycles. The molecule has 0 aromatic rings. The van der Waals surface area contributed by atoms with Crippen LogP contribution in [0, 0.1) is 0 Å². The molecule has 0 saturated carbocycles. The Kier molecular flexibility index (Phi) is 28.0. The van der Waals surface area contributed by atoms with E-state index < -0.39 is 17.9 Å². The Hall–Kier alpha value is -1.85. The van der Waals surface area contributed by atoms with E-state index in [1.54, 1.807) is 0 Å². The molecule has 0 radical (unpaired) electrons. The average molecular weight is 272 g/mol. The number of aliphatic carboxylic acids is 3. The maximum Gasteiger partial charge on any atom is 0.327 e. The molecule has 0 aromatic carbocycles. The molecule has 0 heterocycles. The van der Waals surface area contributed by atoms with Crippen LogP contribution in [-0.4, -0.2) is 33.2 Å². The van der Waals surface area contributed by atoms with Gasteiger partial charge in [0.2, 0.25) is 0 Å². The van der Waals surface area contributed by atoms with E-state index in [4.69, 9.17) is 15.3 Å². The van der Waals surface area contributed by atoms with Crippen LogP contribution in [0.4, 0.5) is 0 Å². The second kappa shape index (κ2) is 18.8. The van der Waals surface area contributed by atoms with Gasteiger partial charge in [0.05, 0.1) is 0 Å². The van der Waals surface area contributed by atoms with Gasteiger partial charge in [-0.25, -0.2) is 14.4 Å². The molecule has 16 heavy (non-hydrogen) atoms. The summed E-state index contributed by atoms with van der Waals surface area (Å²) < 4.78 is 0. The first-order valence-electron chi connectivity index (χ1n) is 3.37. The number of hydrogen-bond acceptors (Lipinski definition) is 3. The first kappa shape index (κ1) is 23.8. The first-order chi connectivity index (χ1) is 6.81. The SMILES string of the molecule is C=CC(=O)O.C=CC(=O)O.C=CC(=O)O.[Fe]. The molecule has 6 nitrogen and oxygen atoms in total. The maximum atomic E-state index is 9.25. The molecule has 0 aliphatic heterocycles. The third kappa shape index (κ3) is 87.7. The zero-order valence-corrected chi connectivity index (χ0v) is 9.38. The summed E-state index contributed by atoms with van der Waals surface area (Å²) in [6.45, 7) is 8.88. The second-order valence-electron chi connectivity index (χ2n) is 1.63. The second-order valence-corrected chi connectivity index (χ2v) is 1.63. The molecule has 0 unspecified atom stereocenters. The van der Waals surface area contributed by atoms with Gasteiger partial charge < -0.3 is 15.3 Å². The van der Waals surface area contributed by atoms with E-state index in [0.717, 1.165) is 18.2 Å². The monoisotopic (exact) mass is 272 g/mol. The van der Waals surface area contributed by atoms with Crippen LogP contribution >= 0.6 is 0 Å². The summed E-state index contributed by atoms with van der Waals surface area (Å²) in [6, 6.07) is 0. The fraction of sp³-hybridized carbons (Fsp3) is 0. The number of carboxylic acid groups (broad SMARTS) is 3. The fourth-order valence-corrected chi connectivity index (χ4v) is 0. The number of hydrogen-bond donors (Lipinski definition) is 3. The maximum absolute atomic E-state index is 9.25. The van der Waals surface area contributed by atoms with Crippen molar-refractivity contribution in [3.63, 3.8) is 0 Å². The van der Waals surface area contributed by atoms with Crippen molar-refractivity contribution >= 4 is 17.9 Å². The van der Waals surface area contributed by atoms with E-state index in [9.17, 15) is 14.4 Å². The quantitative estimate of drug-likeness (QED) is 0.516. The fourth-order valence-electron chi connectivity index (χ4n) is 0. The molecule has 0 aliphatic carbocycles. The van der Waals surface area contributed by atoms with E-state index in [1.807, 2.05) is 0 Å².